The van der Waals surface area contributed by atoms with E-state index >= 15 is 0 Å². The Bertz CT molecular complexity index is 70.4. The van der Waals surface area contributed by atoms with Crippen LogP contribution in [0.1, 0.15) is 34.0 Å². The quantitative estimate of drug-likeness (QED) is 0.605. The summed E-state index contributed by atoms with van der Waals surface area (Å²) in [4.78, 5) is 0. The van der Waals surface area contributed by atoms with E-state index in [0.29, 0.717) is 6.04 Å². The van der Waals surface area contributed by atoms with Crippen LogP contribution in [0, 0.1) is 0 Å². The first-order chi connectivity index (χ1) is 4.81. The molecule has 72 valence electrons. The first-order valence-corrected chi connectivity index (χ1v) is 4.77. The van der Waals surface area contributed by atoms with Gasteiger partial charge in [-0.3, -0.25) is 0 Å². The molecule has 0 aromatic carbocycles. The van der Waals surface area contributed by atoms with E-state index in [1.165, 1.54) is 25.7 Å². The molecule has 1 fully saturated rings. The molecule has 1 aliphatic carbocycles. The van der Waals surface area contributed by atoms with E-state index in [4.69, 9.17) is 10.3 Å². The molecule has 0 aromatic rings. The van der Waals surface area contributed by atoms with Crippen molar-refractivity contribution in [1.82, 2.24) is 0 Å². The Hall–Kier alpha value is 0.230. The van der Waals surface area contributed by atoms with Crippen molar-refractivity contribution >= 4 is 12.0 Å². The molecule has 0 unspecified atom stereocenters. The van der Waals surface area contributed by atoms with Crippen LogP contribution in [-0.4, -0.2) is 21.8 Å². The van der Waals surface area contributed by atoms with Crippen LogP contribution in [0.5, 0.6) is 0 Å². The molecule has 4 heteroatoms. The summed E-state index contributed by atoms with van der Waals surface area (Å²) in [5, 5.41) is 0. The molecule has 5 N–H and O–H groups in total. The summed E-state index contributed by atoms with van der Waals surface area (Å²) in [6, 6.07) is 0.546. The third-order valence-electron chi connectivity index (χ3n) is 1.53. The van der Waals surface area contributed by atoms with Crippen LogP contribution in [0.25, 0.3) is 0 Å². The summed E-state index contributed by atoms with van der Waals surface area (Å²) in [6.07, 6.45) is 5.25. The van der Waals surface area contributed by atoms with E-state index in [1.807, 2.05) is 6.92 Å². The van der Waals surface area contributed by atoms with Crippen LogP contribution in [0.4, 0.5) is 0 Å². The molecular formula is C7H21NO2S. The van der Waals surface area contributed by atoms with Gasteiger partial charge >= 0.3 is 0 Å². The molecule has 0 aromatic heterocycles. The number of hydrogen-bond donors (Lipinski definition) is 2. The van der Waals surface area contributed by atoms with Crippen molar-refractivity contribution in [3.05, 3.63) is 0 Å². The van der Waals surface area contributed by atoms with Gasteiger partial charge in [-0.05, 0) is 24.9 Å². The lowest BCUT2D eigenvalue weighted by molar-refractivity contribution is 0.665. The second kappa shape index (κ2) is 10.2. The number of rotatable bonds is 1. The zero-order valence-electron chi connectivity index (χ0n) is 7.05. The summed E-state index contributed by atoms with van der Waals surface area (Å²) in [5.41, 5.74) is 5.53. The molecule has 1 saturated carbocycles. The minimum atomic E-state index is 0. The average molecular weight is 183 g/mol. The lowest BCUT2D eigenvalue weighted by Gasteiger charge is -1.92. The van der Waals surface area contributed by atoms with Crippen LogP contribution in [-0.2, 0) is 0 Å². The Labute approximate surface area is 74.4 Å². The molecule has 0 amide bonds. The van der Waals surface area contributed by atoms with Gasteiger partial charge in [0.05, 0.1) is 0 Å². The molecule has 1 aliphatic rings. The Morgan fingerprint density at radius 1 is 1.55 bits per heavy atom. The minimum absolute atomic E-state index is 0. The molecule has 0 bridgehead atoms. The molecule has 0 heterocycles. The van der Waals surface area contributed by atoms with E-state index < -0.39 is 0 Å². The van der Waals surface area contributed by atoms with Gasteiger partial charge in [-0.15, -0.1) is 0 Å². The Balaban J connectivity index is -0.000000124. The zero-order valence-corrected chi connectivity index (χ0v) is 7.86. The smallest absolute Gasteiger partial charge is 0.0166 e. The van der Waals surface area contributed by atoms with Crippen LogP contribution in [0.2, 0.25) is 0 Å². The molecule has 0 aliphatic heterocycles. The highest BCUT2D eigenvalue weighted by molar-refractivity contribution is 7.93. The molecule has 3 nitrogen and oxygen atoms in total. The zero-order chi connectivity index (χ0) is 7.82. The molecule has 11 heavy (non-hydrogen) atoms. The number of nitrogens with two attached hydrogens (primary N) is 1. The highest BCUT2D eigenvalue weighted by Gasteiger charge is 2.07. The maximum Gasteiger partial charge on any atom is 0.0166 e. The van der Waals surface area contributed by atoms with Crippen molar-refractivity contribution in [2.75, 3.05) is 5.75 Å². The second-order valence-electron chi connectivity index (χ2n) is 2.46. The Kier molecular flexibility index (Phi) is 12.8. The second-order valence-corrected chi connectivity index (χ2v) is 3.30. The van der Waals surface area contributed by atoms with Crippen molar-refractivity contribution in [3.8, 4) is 0 Å². The van der Waals surface area contributed by atoms with Crippen molar-refractivity contribution in [2.24, 2.45) is 5.73 Å². The topological polar surface area (TPSA) is 77.8 Å². The molecule has 0 atom stereocenters. The monoisotopic (exact) mass is 183 g/mol. The summed E-state index contributed by atoms with van der Waals surface area (Å²) >= 11 is 0.856. The summed E-state index contributed by atoms with van der Waals surface area (Å²) in [7, 11) is 0. The van der Waals surface area contributed by atoms with E-state index in [-0.39, 0.29) is 6.90 Å². The Morgan fingerprint density at radius 2 is 1.91 bits per heavy atom. The first kappa shape index (κ1) is 13.8. The van der Waals surface area contributed by atoms with E-state index in [1.54, 1.807) is 0 Å². The van der Waals surface area contributed by atoms with Gasteiger partial charge in [0.15, 0.2) is 0 Å². The average Bonchev–Trinajstić information content (AvgIpc) is 2.40. The van der Waals surface area contributed by atoms with Gasteiger partial charge in [-0.1, -0.05) is 19.8 Å². The largest absolute Gasteiger partial charge is 0.412 e. The van der Waals surface area contributed by atoms with Gasteiger partial charge in [0.2, 0.25) is 0 Å². The molecule has 0 saturated heterocycles. The highest BCUT2D eigenvalue weighted by Crippen LogP contribution is 2.14. The minimum Gasteiger partial charge on any atom is -0.412 e. The number of hydrogen-bond acceptors (Lipinski definition) is 3. The van der Waals surface area contributed by atoms with Crippen LogP contribution in [0.3, 0.4) is 0 Å². The fourth-order valence-electron chi connectivity index (χ4n) is 0.957. The lowest BCUT2D eigenvalue weighted by Crippen LogP contribution is -2.13. The molecular weight excluding hydrogens is 162 g/mol. The maximum absolute atomic E-state index is 7.79. The van der Waals surface area contributed by atoms with Crippen molar-refractivity contribution in [2.45, 2.75) is 38.6 Å². The van der Waals surface area contributed by atoms with Crippen molar-refractivity contribution < 1.29 is 11.5 Å². The highest BCUT2D eigenvalue weighted by atomic mass is 32.2. The normalized spacial score (nSPS) is 16.6. The lowest BCUT2D eigenvalue weighted by atomic mass is 10.3. The van der Waals surface area contributed by atoms with E-state index in [0.717, 1.165) is 17.8 Å². The standard InChI is InChI=1S/C5H11N.C2H6OS.H2O.H2/c6-5-3-1-2-4-5;1-2-4-3;;/h5H,1-4,6H2;3H,2H2,1H3;1H2;1H. The van der Waals surface area contributed by atoms with Gasteiger partial charge in [0.25, 0.3) is 0 Å². The van der Waals surface area contributed by atoms with Gasteiger partial charge in [-0.2, -0.15) is 0 Å². The molecule has 0 spiro atoms. The predicted octanol–water partition coefficient (Wildman–Crippen LogP) is 1.52. The maximum atomic E-state index is 7.79. The fourth-order valence-corrected chi connectivity index (χ4v) is 0.957. The van der Waals surface area contributed by atoms with Crippen LogP contribution >= 0.6 is 12.0 Å². The SMILES string of the molecule is CCSO.NC1CCCC1.O.[HH]. The van der Waals surface area contributed by atoms with E-state index in [9.17, 15) is 0 Å². The third-order valence-corrected chi connectivity index (χ3v) is 1.79. The predicted molar refractivity (Wildman–Crippen MR) is 52.9 cm³/mol. The summed E-state index contributed by atoms with van der Waals surface area (Å²) < 4.78 is 7.79. The fraction of sp³-hybridized carbons (Fsp3) is 1.00. The van der Waals surface area contributed by atoms with E-state index in [2.05, 4.69) is 0 Å². The van der Waals surface area contributed by atoms with Gasteiger partial charge in [0, 0.05) is 13.2 Å². The molecule has 1 rings (SSSR count). The summed E-state index contributed by atoms with van der Waals surface area (Å²) in [6.45, 7) is 1.89. The van der Waals surface area contributed by atoms with Crippen molar-refractivity contribution in [3.63, 3.8) is 0 Å². The van der Waals surface area contributed by atoms with Gasteiger partial charge in [0.1, 0.15) is 0 Å². The molecule has 0 radical (unpaired) electrons. The first-order valence-electron chi connectivity index (χ1n) is 3.83. The van der Waals surface area contributed by atoms with Gasteiger partial charge in [-0.25, -0.2) is 0 Å². The van der Waals surface area contributed by atoms with Crippen LogP contribution < -0.4 is 5.73 Å². The third kappa shape index (κ3) is 10.2. The Morgan fingerprint density at radius 3 is 2.00 bits per heavy atom. The van der Waals surface area contributed by atoms with Crippen molar-refractivity contribution in [1.29, 1.82) is 0 Å². The summed E-state index contributed by atoms with van der Waals surface area (Å²) in [5.74, 6) is 0.792. The van der Waals surface area contributed by atoms with Crippen LogP contribution in [0.15, 0.2) is 0 Å². The van der Waals surface area contributed by atoms with Gasteiger partial charge < -0.3 is 15.8 Å².